The van der Waals surface area contributed by atoms with Gasteiger partial charge in [-0.05, 0) is 0 Å². The number of carbonyl (C=O) groups excluding carboxylic acids is 1. The molecule has 0 saturated carbocycles. The molecule has 9 heavy (non-hydrogen) atoms. The normalized spacial score (nSPS) is 9.44. The average Bonchev–Trinajstić information content (AvgIpc) is 2.14. The molecule has 0 saturated heterocycles. The minimum atomic E-state index is -0.674. The van der Waals surface area contributed by atoms with Gasteiger partial charge in [0.1, 0.15) is 0 Å². The molecule has 5 heteroatoms. The number of hydrogen-bond donors (Lipinski definition) is 1. The summed E-state index contributed by atoms with van der Waals surface area (Å²) in [5, 5.41) is 3.25. The monoisotopic (exact) mass is 127 g/mol. The summed E-state index contributed by atoms with van der Waals surface area (Å²) in [6.45, 7) is 1.58. The van der Waals surface area contributed by atoms with Gasteiger partial charge in [0.05, 0.1) is 0 Å². The molecular formula is C4H5N3O2. The number of carbonyl (C=O) groups is 1. The van der Waals surface area contributed by atoms with Crippen LogP contribution in [-0.2, 0) is 0 Å². The maximum atomic E-state index is 10.3. The van der Waals surface area contributed by atoms with E-state index in [0.717, 1.165) is 0 Å². The highest BCUT2D eigenvalue weighted by atomic mass is 16.5. The van der Waals surface area contributed by atoms with Crippen molar-refractivity contribution >= 4 is 5.91 Å². The lowest BCUT2D eigenvalue weighted by Crippen LogP contribution is -2.12. The molecule has 0 spiro atoms. The SMILES string of the molecule is Cc1nc(C(N)=O)no1. The van der Waals surface area contributed by atoms with Crippen molar-refractivity contribution in [2.24, 2.45) is 5.73 Å². The first kappa shape index (κ1) is 5.74. The van der Waals surface area contributed by atoms with Crippen molar-refractivity contribution in [3.63, 3.8) is 0 Å². The number of amides is 1. The van der Waals surface area contributed by atoms with Crippen LogP contribution in [0.1, 0.15) is 16.5 Å². The third kappa shape index (κ3) is 1.04. The van der Waals surface area contributed by atoms with Crippen LogP contribution < -0.4 is 5.73 Å². The van der Waals surface area contributed by atoms with Gasteiger partial charge in [-0.15, -0.1) is 0 Å². The van der Waals surface area contributed by atoms with E-state index in [2.05, 4.69) is 14.7 Å². The predicted octanol–water partition coefficient (Wildman–Crippen LogP) is -0.523. The van der Waals surface area contributed by atoms with E-state index in [0.29, 0.717) is 5.89 Å². The van der Waals surface area contributed by atoms with Gasteiger partial charge in [-0.2, -0.15) is 4.98 Å². The second-order valence-electron chi connectivity index (χ2n) is 1.50. The standard InChI is InChI=1S/C4H5N3O2/c1-2-6-4(3(5)8)7-9-2/h1H3,(H2,5,8). The lowest BCUT2D eigenvalue weighted by atomic mass is 10.6. The van der Waals surface area contributed by atoms with Crippen LogP contribution in [0.5, 0.6) is 0 Å². The topological polar surface area (TPSA) is 82.0 Å². The summed E-state index contributed by atoms with van der Waals surface area (Å²) >= 11 is 0. The summed E-state index contributed by atoms with van der Waals surface area (Å²) in [5.41, 5.74) is 4.80. The maximum Gasteiger partial charge on any atom is 0.290 e. The molecule has 1 rings (SSSR count). The molecule has 5 nitrogen and oxygen atoms in total. The zero-order valence-electron chi connectivity index (χ0n) is 4.79. The Bertz CT molecular complexity index is 229. The molecular weight excluding hydrogens is 122 g/mol. The summed E-state index contributed by atoms with van der Waals surface area (Å²) in [7, 11) is 0. The Kier molecular flexibility index (Phi) is 1.18. The van der Waals surface area contributed by atoms with E-state index in [1.807, 2.05) is 0 Å². The van der Waals surface area contributed by atoms with Crippen LogP contribution in [0.4, 0.5) is 0 Å². The van der Waals surface area contributed by atoms with E-state index in [4.69, 9.17) is 5.73 Å². The lowest BCUT2D eigenvalue weighted by Gasteiger charge is -1.75. The number of nitrogens with zero attached hydrogens (tertiary/aromatic N) is 2. The number of aromatic nitrogens is 2. The van der Waals surface area contributed by atoms with Crippen molar-refractivity contribution in [1.29, 1.82) is 0 Å². The van der Waals surface area contributed by atoms with Crippen molar-refractivity contribution in [1.82, 2.24) is 10.1 Å². The summed E-state index contributed by atoms with van der Waals surface area (Å²) < 4.78 is 4.46. The molecule has 0 radical (unpaired) electrons. The zero-order valence-corrected chi connectivity index (χ0v) is 4.79. The van der Waals surface area contributed by atoms with E-state index < -0.39 is 5.91 Å². The molecule has 2 N–H and O–H groups in total. The first-order valence-electron chi connectivity index (χ1n) is 2.30. The quantitative estimate of drug-likeness (QED) is 0.550. The minimum Gasteiger partial charge on any atom is -0.363 e. The third-order valence-corrected chi connectivity index (χ3v) is 0.748. The van der Waals surface area contributed by atoms with Crippen LogP contribution in [0.3, 0.4) is 0 Å². The van der Waals surface area contributed by atoms with Gasteiger partial charge >= 0.3 is 0 Å². The summed E-state index contributed by atoms with van der Waals surface area (Å²) in [6.07, 6.45) is 0. The number of hydrogen-bond acceptors (Lipinski definition) is 4. The minimum absolute atomic E-state index is 0.0764. The Morgan fingerprint density at radius 2 is 2.44 bits per heavy atom. The van der Waals surface area contributed by atoms with E-state index in [1.54, 1.807) is 6.92 Å². The highest BCUT2D eigenvalue weighted by Gasteiger charge is 2.06. The molecule has 0 unspecified atom stereocenters. The van der Waals surface area contributed by atoms with Crippen molar-refractivity contribution < 1.29 is 9.32 Å². The van der Waals surface area contributed by atoms with E-state index in [-0.39, 0.29) is 5.82 Å². The first-order chi connectivity index (χ1) is 4.20. The molecule has 1 aromatic heterocycles. The maximum absolute atomic E-state index is 10.3. The van der Waals surface area contributed by atoms with Crippen LogP contribution in [-0.4, -0.2) is 16.0 Å². The molecule has 0 bridgehead atoms. The van der Waals surface area contributed by atoms with Crippen molar-refractivity contribution in [2.75, 3.05) is 0 Å². The van der Waals surface area contributed by atoms with E-state index >= 15 is 0 Å². The molecule has 0 aromatic carbocycles. The number of nitrogens with two attached hydrogens (primary N) is 1. The van der Waals surface area contributed by atoms with Crippen molar-refractivity contribution in [3.05, 3.63) is 11.7 Å². The fourth-order valence-corrected chi connectivity index (χ4v) is 0.399. The Morgan fingerprint density at radius 1 is 1.78 bits per heavy atom. The lowest BCUT2D eigenvalue weighted by molar-refractivity contribution is 0.0987. The first-order valence-corrected chi connectivity index (χ1v) is 2.30. The van der Waals surface area contributed by atoms with Crippen molar-refractivity contribution in [2.45, 2.75) is 6.92 Å². The Morgan fingerprint density at radius 3 is 2.67 bits per heavy atom. The molecule has 0 aliphatic carbocycles. The van der Waals surface area contributed by atoms with Gasteiger partial charge in [0, 0.05) is 6.92 Å². The smallest absolute Gasteiger partial charge is 0.290 e. The molecule has 0 aliphatic rings. The molecule has 48 valence electrons. The zero-order chi connectivity index (χ0) is 6.85. The largest absolute Gasteiger partial charge is 0.363 e. The van der Waals surface area contributed by atoms with Gasteiger partial charge in [0.25, 0.3) is 11.7 Å². The van der Waals surface area contributed by atoms with Crippen LogP contribution >= 0.6 is 0 Å². The second kappa shape index (κ2) is 1.85. The van der Waals surface area contributed by atoms with E-state index in [1.165, 1.54) is 0 Å². The third-order valence-electron chi connectivity index (χ3n) is 0.748. The number of primary amides is 1. The molecule has 0 fully saturated rings. The molecule has 0 atom stereocenters. The fourth-order valence-electron chi connectivity index (χ4n) is 0.399. The van der Waals surface area contributed by atoms with Gasteiger partial charge in [-0.3, -0.25) is 4.79 Å². The Balaban J connectivity index is 2.98. The highest BCUT2D eigenvalue weighted by molar-refractivity contribution is 5.88. The Labute approximate surface area is 50.8 Å². The van der Waals surface area contributed by atoms with Crippen LogP contribution in [0.25, 0.3) is 0 Å². The van der Waals surface area contributed by atoms with Crippen LogP contribution in [0.2, 0.25) is 0 Å². The van der Waals surface area contributed by atoms with Gasteiger partial charge in [0.15, 0.2) is 0 Å². The van der Waals surface area contributed by atoms with Gasteiger partial charge in [-0.1, -0.05) is 5.16 Å². The fraction of sp³-hybridized carbons (Fsp3) is 0.250. The predicted molar refractivity (Wildman–Crippen MR) is 27.6 cm³/mol. The average molecular weight is 127 g/mol. The molecule has 0 aliphatic heterocycles. The Hall–Kier alpha value is -1.39. The number of aryl methyl sites for hydroxylation is 1. The van der Waals surface area contributed by atoms with Gasteiger partial charge in [0.2, 0.25) is 5.89 Å². The number of rotatable bonds is 1. The van der Waals surface area contributed by atoms with Crippen molar-refractivity contribution in [3.8, 4) is 0 Å². The summed E-state index contributed by atoms with van der Waals surface area (Å²) in [6, 6.07) is 0. The van der Waals surface area contributed by atoms with Crippen LogP contribution in [0.15, 0.2) is 4.52 Å². The van der Waals surface area contributed by atoms with E-state index in [9.17, 15) is 4.79 Å². The van der Waals surface area contributed by atoms with Crippen LogP contribution in [0, 0.1) is 6.92 Å². The summed E-state index contributed by atoms with van der Waals surface area (Å²) in [4.78, 5) is 13.8. The molecule has 1 aromatic rings. The highest BCUT2D eigenvalue weighted by Crippen LogP contribution is 1.91. The molecule has 1 heterocycles. The van der Waals surface area contributed by atoms with Gasteiger partial charge < -0.3 is 10.3 Å². The van der Waals surface area contributed by atoms with Gasteiger partial charge in [-0.25, -0.2) is 0 Å². The molecule has 1 amide bonds. The second-order valence-corrected chi connectivity index (χ2v) is 1.50. The summed E-state index contributed by atoms with van der Waals surface area (Å²) in [5.74, 6) is -0.414.